The van der Waals surface area contributed by atoms with Gasteiger partial charge in [-0.05, 0) is 53.4 Å². The molecule has 0 fully saturated rings. The van der Waals surface area contributed by atoms with Crippen molar-refractivity contribution in [2.45, 2.75) is 12.8 Å². The second-order valence-electron chi connectivity index (χ2n) is 5.60. The number of benzene rings is 2. The maximum absolute atomic E-state index is 11.2. The molecule has 1 aromatic heterocycles. The first-order chi connectivity index (χ1) is 11.6. The second kappa shape index (κ2) is 6.96. The van der Waals surface area contributed by atoms with Gasteiger partial charge in [0, 0.05) is 18.2 Å². The SMILES string of the molecule is NC(=O)CCc1cc(-c2ccccn2)ccc1-c1cccc(O)c1. The molecule has 1 heterocycles. The highest BCUT2D eigenvalue weighted by Crippen LogP contribution is 2.30. The summed E-state index contributed by atoms with van der Waals surface area (Å²) < 4.78 is 0. The van der Waals surface area contributed by atoms with Crippen molar-refractivity contribution < 1.29 is 9.90 Å². The number of phenols is 1. The number of nitrogens with two attached hydrogens (primary N) is 1. The van der Waals surface area contributed by atoms with E-state index in [-0.39, 0.29) is 18.1 Å². The number of carbonyl (C=O) groups is 1. The van der Waals surface area contributed by atoms with Crippen molar-refractivity contribution >= 4 is 5.91 Å². The fraction of sp³-hybridized carbons (Fsp3) is 0.100. The third-order valence-electron chi connectivity index (χ3n) is 3.86. The lowest BCUT2D eigenvalue weighted by molar-refractivity contribution is -0.117. The minimum Gasteiger partial charge on any atom is -0.508 e. The van der Waals surface area contributed by atoms with Gasteiger partial charge in [0.1, 0.15) is 5.75 Å². The Labute approximate surface area is 140 Å². The van der Waals surface area contributed by atoms with Gasteiger partial charge in [-0.25, -0.2) is 0 Å². The monoisotopic (exact) mass is 318 g/mol. The van der Waals surface area contributed by atoms with Crippen LogP contribution in [0.15, 0.2) is 66.9 Å². The molecule has 0 aliphatic rings. The minimum absolute atomic E-state index is 0.210. The summed E-state index contributed by atoms with van der Waals surface area (Å²) in [4.78, 5) is 15.6. The molecule has 0 aliphatic heterocycles. The zero-order valence-electron chi connectivity index (χ0n) is 13.1. The summed E-state index contributed by atoms with van der Waals surface area (Å²) in [6, 6.07) is 18.9. The molecule has 3 N–H and O–H groups in total. The van der Waals surface area contributed by atoms with Crippen LogP contribution in [-0.4, -0.2) is 16.0 Å². The molecule has 24 heavy (non-hydrogen) atoms. The van der Waals surface area contributed by atoms with Crippen LogP contribution < -0.4 is 5.73 Å². The molecule has 4 nitrogen and oxygen atoms in total. The third-order valence-corrected chi connectivity index (χ3v) is 3.86. The molecular weight excluding hydrogens is 300 g/mol. The van der Waals surface area contributed by atoms with Crippen molar-refractivity contribution in [1.82, 2.24) is 4.98 Å². The van der Waals surface area contributed by atoms with Crippen LogP contribution in [0, 0.1) is 0 Å². The summed E-state index contributed by atoms with van der Waals surface area (Å²) in [5, 5.41) is 9.73. The van der Waals surface area contributed by atoms with Crippen LogP contribution >= 0.6 is 0 Å². The van der Waals surface area contributed by atoms with Crippen LogP contribution in [0.1, 0.15) is 12.0 Å². The molecule has 2 aromatic carbocycles. The highest BCUT2D eigenvalue weighted by Gasteiger charge is 2.10. The first kappa shape index (κ1) is 15.7. The van der Waals surface area contributed by atoms with Gasteiger partial charge in [0.05, 0.1) is 5.69 Å². The lowest BCUT2D eigenvalue weighted by atomic mass is 9.93. The smallest absolute Gasteiger partial charge is 0.217 e. The number of aromatic hydroxyl groups is 1. The summed E-state index contributed by atoms with van der Waals surface area (Å²) in [6.07, 6.45) is 2.57. The molecule has 4 heteroatoms. The van der Waals surface area contributed by atoms with Gasteiger partial charge in [-0.15, -0.1) is 0 Å². The number of aryl methyl sites for hydroxylation is 1. The molecule has 0 bridgehead atoms. The maximum atomic E-state index is 11.2. The van der Waals surface area contributed by atoms with Crippen LogP contribution in [0.5, 0.6) is 5.75 Å². The number of pyridine rings is 1. The number of nitrogens with zero attached hydrogens (tertiary/aromatic N) is 1. The lowest BCUT2D eigenvalue weighted by Crippen LogP contribution is -2.11. The number of primary amides is 1. The Balaban J connectivity index is 2.06. The average Bonchev–Trinajstić information content (AvgIpc) is 2.60. The molecule has 120 valence electrons. The standard InChI is InChI=1S/C20H18N2O2/c21-20(24)10-8-15-12-16(19-6-1-2-11-22-19)7-9-18(15)14-4-3-5-17(23)13-14/h1-7,9,11-13,23H,8,10H2,(H2,21,24). The van der Waals surface area contributed by atoms with E-state index in [0.717, 1.165) is 27.9 Å². The number of hydrogen-bond acceptors (Lipinski definition) is 3. The van der Waals surface area contributed by atoms with E-state index in [2.05, 4.69) is 4.98 Å². The Hall–Kier alpha value is -3.14. The number of hydrogen-bond donors (Lipinski definition) is 2. The quantitative estimate of drug-likeness (QED) is 0.755. The van der Waals surface area contributed by atoms with E-state index in [1.54, 1.807) is 24.4 Å². The fourth-order valence-electron chi connectivity index (χ4n) is 2.71. The van der Waals surface area contributed by atoms with E-state index >= 15 is 0 Å². The van der Waals surface area contributed by atoms with E-state index in [0.29, 0.717) is 6.42 Å². The highest BCUT2D eigenvalue weighted by atomic mass is 16.3. The van der Waals surface area contributed by atoms with E-state index in [1.165, 1.54) is 0 Å². The Morgan fingerprint density at radius 2 is 1.88 bits per heavy atom. The summed E-state index contributed by atoms with van der Waals surface area (Å²) >= 11 is 0. The van der Waals surface area contributed by atoms with Gasteiger partial charge in [-0.1, -0.05) is 30.3 Å². The topological polar surface area (TPSA) is 76.2 Å². The molecular formula is C20H18N2O2. The van der Waals surface area contributed by atoms with Crippen LogP contribution in [0.3, 0.4) is 0 Å². The largest absolute Gasteiger partial charge is 0.508 e. The summed E-state index contributed by atoms with van der Waals surface area (Å²) in [5.74, 6) is -0.123. The van der Waals surface area contributed by atoms with Gasteiger partial charge >= 0.3 is 0 Å². The number of aromatic nitrogens is 1. The first-order valence-corrected chi connectivity index (χ1v) is 7.75. The summed E-state index contributed by atoms with van der Waals surface area (Å²) in [7, 11) is 0. The van der Waals surface area contributed by atoms with Crippen LogP contribution in [0.4, 0.5) is 0 Å². The number of carbonyl (C=O) groups excluding carboxylic acids is 1. The van der Waals surface area contributed by atoms with E-state index in [4.69, 9.17) is 5.73 Å². The zero-order valence-corrected chi connectivity index (χ0v) is 13.1. The molecule has 0 saturated heterocycles. The molecule has 3 rings (SSSR count). The Morgan fingerprint density at radius 1 is 1.00 bits per heavy atom. The van der Waals surface area contributed by atoms with Gasteiger partial charge in [0.15, 0.2) is 0 Å². The van der Waals surface area contributed by atoms with Gasteiger partial charge in [0.25, 0.3) is 0 Å². The summed E-state index contributed by atoms with van der Waals surface area (Å²) in [5.41, 5.74) is 10.1. The van der Waals surface area contributed by atoms with Gasteiger partial charge in [0.2, 0.25) is 5.91 Å². The van der Waals surface area contributed by atoms with Gasteiger partial charge < -0.3 is 10.8 Å². The predicted molar refractivity (Wildman–Crippen MR) is 94.3 cm³/mol. The normalized spacial score (nSPS) is 10.5. The van der Waals surface area contributed by atoms with Crippen molar-refractivity contribution in [3.8, 4) is 28.1 Å². The van der Waals surface area contributed by atoms with Gasteiger partial charge in [-0.2, -0.15) is 0 Å². The zero-order chi connectivity index (χ0) is 16.9. The summed E-state index contributed by atoms with van der Waals surface area (Å²) in [6.45, 7) is 0. The maximum Gasteiger partial charge on any atom is 0.217 e. The van der Waals surface area contributed by atoms with Crippen molar-refractivity contribution in [3.63, 3.8) is 0 Å². The predicted octanol–water partition coefficient (Wildman–Crippen LogP) is 3.54. The molecule has 3 aromatic rings. The third kappa shape index (κ3) is 3.60. The van der Waals surface area contributed by atoms with Crippen molar-refractivity contribution in [1.29, 1.82) is 0 Å². The number of rotatable bonds is 5. The van der Waals surface area contributed by atoms with Crippen LogP contribution in [-0.2, 0) is 11.2 Å². The van der Waals surface area contributed by atoms with E-state index < -0.39 is 0 Å². The first-order valence-electron chi connectivity index (χ1n) is 7.75. The number of phenolic OH excluding ortho intramolecular Hbond substituents is 1. The van der Waals surface area contributed by atoms with Crippen LogP contribution in [0.25, 0.3) is 22.4 Å². The van der Waals surface area contributed by atoms with Crippen molar-refractivity contribution in [3.05, 3.63) is 72.4 Å². The van der Waals surface area contributed by atoms with Crippen molar-refractivity contribution in [2.24, 2.45) is 5.73 Å². The van der Waals surface area contributed by atoms with E-state index in [1.807, 2.05) is 42.5 Å². The highest BCUT2D eigenvalue weighted by molar-refractivity contribution is 5.77. The average molecular weight is 318 g/mol. The van der Waals surface area contributed by atoms with Crippen molar-refractivity contribution in [2.75, 3.05) is 0 Å². The number of amides is 1. The molecule has 1 amide bonds. The molecule has 0 saturated carbocycles. The molecule has 0 aliphatic carbocycles. The minimum atomic E-state index is -0.333. The molecule has 0 radical (unpaired) electrons. The molecule has 0 spiro atoms. The Kier molecular flexibility index (Phi) is 4.57. The van der Waals surface area contributed by atoms with E-state index in [9.17, 15) is 9.90 Å². The molecule has 0 atom stereocenters. The lowest BCUT2D eigenvalue weighted by Gasteiger charge is -2.12. The molecule has 0 unspecified atom stereocenters. The second-order valence-corrected chi connectivity index (χ2v) is 5.60. The Morgan fingerprint density at radius 3 is 2.58 bits per heavy atom. The van der Waals surface area contributed by atoms with Gasteiger partial charge in [-0.3, -0.25) is 9.78 Å². The van der Waals surface area contributed by atoms with Crippen LogP contribution in [0.2, 0.25) is 0 Å². The fourth-order valence-corrected chi connectivity index (χ4v) is 2.71. The Bertz CT molecular complexity index is 861.